The summed E-state index contributed by atoms with van der Waals surface area (Å²) >= 11 is 0. The lowest BCUT2D eigenvalue weighted by atomic mass is 10.2. The second kappa shape index (κ2) is 6.80. The molecule has 1 saturated heterocycles. The van der Waals surface area contributed by atoms with Gasteiger partial charge in [-0.05, 0) is 26.8 Å². The molecule has 0 aliphatic carbocycles. The fourth-order valence-electron chi connectivity index (χ4n) is 1.83. The summed E-state index contributed by atoms with van der Waals surface area (Å²) in [5.41, 5.74) is 0. The van der Waals surface area contributed by atoms with Gasteiger partial charge in [-0.1, -0.05) is 0 Å². The Hall–Kier alpha value is -0.610. The molecular formula is C11H22N2O2. The minimum atomic E-state index is 0.224. The molecule has 0 saturated carbocycles. The van der Waals surface area contributed by atoms with E-state index in [4.69, 9.17) is 4.74 Å². The molecule has 1 atom stereocenters. The molecule has 0 radical (unpaired) electrons. The first-order valence-electron chi connectivity index (χ1n) is 5.82. The van der Waals surface area contributed by atoms with Crippen molar-refractivity contribution < 1.29 is 9.53 Å². The van der Waals surface area contributed by atoms with Crippen LogP contribution in [0, 0.1) is 0 Å². The van der Waals surface area contributed by atoms with Crippen molar-refractivity contribution in [2.75, 3.05) is 33.3 Å². The van der Waals surface area contributed by atoms with Gasteiger partial charge in [-0.25, -0.2) is 0 Å². The molecule has 1 N–H and O–H groups in total. The van der Waals surface area contributed by atoms with Gasteiger partial charge in [-0.15, -0.1) is 0 Å². The highest BCUT2D eigenvalue weighted by molar-refractivity contribution is 5.76. The van der Waals surface area contributed by atoms with Gasteiger partial charge in [0.1, 0.15) is 0 Å². The lowest BCUT2D eigenvalue weighted by molar-refractivity contribution is -0.132. The van der Waals surface area contributed by atoms with Gasteiger partial charge in [0.2, 0.25) is 5.91 Å². The molecule has 1 amide bonds. The normalized spacial score (nSPS) is 20.5. The quantitative estimate of drug-likeness (QED) is 0.705. The lowest BCUT2D eigenvalue weighted by Crippen LogP contribution is -2.38. The number of hydrogen-bond donors (Lipinski definition) is 1. The molecule has 1 heterocycles. The number of hydrogen-bond acceptors (Lipinski definition) is 3. The molecule has 1 rings (SSSR count). The van der Waals surface area contributed by atoms with E-state index in [1.54, 1.807) is 0 Å². The fourth-order valence-corrected chi connectivity index (χ4v) is 1.83. The smallest absolute Gasteiger partial charge is 0.223 e. The maximum absolute atomic E-state index is 11.8. The van der Waals surface area contributed by atoms with Crippen molar-refractivity contribution in [1.82, 2.24) is 10.2 Å². The highest BCUT2D eigenvalue weighted by atomic mass is 16.5. The van der Waals surface area contributed by atoms with Gasteiger partial charge in [0, 0.05) is 32.7 Å². The minimum Gasteiger partial charge on any atom is -0.376 e. The average Bonchev–Trinajstić information content (AvgIpc) is 2.75. The van der Waals surface area contributed by atoms with Crippen molar-refractivity contribution in [1.29, 1.82) is 0 Å². The Morgan fingerprint density at radius 3 is 2.93 bits per heavy atom. The van der Waals surface area contributed by atoms with Crippen molar-refractivity contribution in [3.05, 3.63) is 0 Å². The van der Waals surface area contributed by atoms with E-state index >= 15 is 0 Å². The van der Waals surface area contributed by atoms with Crippen LogP contribution in [0.3, 0.4) is 0 Å². The molecule has 0 aromatic heterocycles. The molecule has 15 heavy (non-hydrogen) atoms. The van der Waals surface area contributed by atoms with Gasteiger partial charge < -0.3 is 15.0 Å². The third kappa shape index (κ3) is 4.18. The number of ether oxygens (including phenoxy) is 1. The summed E-state index contributed by atoms with van der Waals surface area (Å²) in [6.45, 7) is 5.17. The summed E-state index contributed by atoms with van der Waals surface area (Å²) in [5, 5.41) is 2.99. The first-order chi connectivity index (χ1) is 7.27. The number of carbonyl (C=O) groups excluding carboxylic acids is 1. The predicted molar refractivity (Wildman–Crippen MR) is 59.8 cm³/mol. The standard InChI is InChI=1S/C11H22N2O2/c1-3-13(11(14)6-7-12-2)9-10-5-4-8-15-10/h10,12H,3-9H2,1-2H3. The van der Waals surface area contributed by atoms with Crippen LogP contribution in [-0.2, 0) is 9.53 Å². The number of nitrogens with zero attached hydrogens (tertiary/aromatic N) is 1. The van der Waals surface area contributed by atoms with E-state index in [1.807, 2.05) is 18.9 Å². The van der Waals surface area contributed by atoms with Crippen LogP contribution in [0.4, 0.5) is 0 Å². The van der Waals surface area contributed by atoms with Crippen molar-refractivity contribution in [3.63, 3.8) is 0 Å². The van der Waals surface area contributed by atoms with Crippen molar-refractivity contribution >= 4 is 5.91 Å². The Morgan fingerprint density at radius 1 is 1.60 bits per heavy atom. The lowest BCUT2D eigenvalue weighted by Gasteiger charge is -2.24. The van der Waals surface area contributed by atoms with E-state index < -0.39 is 0 Å². The zero-order valence-corrected chi connectivity index (χ0v) is 9.79. The van der Waals surface area contributed by atoms with Crippen LogP contribution in [0.2, 0.25) is 0 Å². The van der Waals surface area contributed by atoms with Gasteiger partial charge in [0.15, 0.2) is 0 Å². The molecular weight excluding hydrogens is 192 g/mol. The molecule has 4 nitrogen and oxygen atoms in total. The summed E-state index contributed by atoms with van der Waals surface area (Å²) < 4.78 is 5.53. The van der Waals surface area contributed by atoms with Crippen LogP contribution in [0.5, 0.6) is 0 Å². The summed E-state index contributed by atoms with van der Waals surface area (Å²) in [6.07, 6.45) is 3.07. The second-order valence-corrected chi connectivity index (χ2v) is 3.92. The van der Waals surface area contributed by atoms with Gasteiger partial charge in [0.25, 0.3) is 0 Å². The molecule has 1 aliphatic rings. The van der Waals surface area contributed by atoms with Gasteiger partial charge in [-0.2, -0.15) is 0 Å². The van der Waals surface area contributed by atoms with E-state index in [9.17, 15) is 4.79 Å². The van der Waals surface area contributed by atoms with Gasteiger partial charge >= 0.3 is 0 Å². The SMILES string of the molecule is CCN(CC1CCCO1)C(=O)CCNC. The van der Waals surface area contributed by atoms with Crippen molar-refractivity contribution in [2.24, 2.45) is 0 Å². The summed E-state index contributed by atoms with van der Waals surface area (Å²) in [4.78, 5) is 13.6. The minimum absolute atomic E-state index is 0.224. The van der Waals surface area contributed by atoms with E-state index in [0.717, 1.165) is 39.1 Å². The van der Waals surface area contributed by atoms with E-state index in [1.165, 1.54) is 0 Å². The first kappa shape index (κ1) is 12.5. The topological polar surface area (TPSA) is 41.6 Å². The van der Waals surface area contributed by atoms with Crippen LogP contribution < -0.4 is 5.32 Å². The molecule has 0 spiro atoms. The zero-order valence-electron chi connectivity index (χ0n) is 9.79. The molecule has 1 unspecified atom stereocenters. The van der Waals surface area contributed by atoms with Gasteiger partial charge in [0.05, 0.1) is 6.10 Å². The van der Waals surface area contributed by atoms with Crippen LogP contribution in [0.25, 0.3) is 0 Å². The molecule has 4 heteroatoms. The molecule has 1 fully saturated rings. The maximum atomic E-state index is 11.8. The zero-order chi connectivity index (χ0) is 11.1. The summed E-state index contributed by atoms with van der Waals surface area (Å²) in [6, 6.07) is 0. The number of rotatable bonds is 6. The largest absolute Gasteiger partial charge is 0.376 e. The van der Waals surface area contributed by atoms with E-state index in [2.05, 4.69) is 5.32 Å². The highest BCUT2D eigenvalue weighted by Crippen LogP contribution is 2.13. The molecule has 1 aliphatic heterocycles. The fraction of sp³-hybridized carbons (Fsp3) is 0.909. The number of carbonyl (C=O) groups is 1. The van der Waals surface area contributed by atoms with Gasteiger partial charge in [-0.3, -0.25) is 4.79 Å². The Labute approximate surface area is 92.0 Å². The Bertz CT molecular complexity index is 191. The molecule has 0 aromatic carbocycles. The number of nitrogens with one attached hydrogen (secondary N) is 1. The van der Waals surface area contributed by atoms with Crippen LogP contribution >= 0.6 is 0 Å². The Morgan fingerprint density at radius 2 is 2.40 bits per heavy atom. The third-order valence-corrected chi connectivity index (χ3v) is 2.77. The van der Waals surface area contributed by atoms with Crippen molar-refractivity contribution in [2.45, 2.75) is 32.3 Å². The van der Waals surface area contributed by atoms with Crippen LogP contribution in [0.15, 0.2) is 0 Å². The Kier molecular flexibility index (Phi) is 5.65. The summed E-state index contributed by atoms with van der Waals surface area (Å²) in [7, 11) is 1.86. The maximum Gasteiger partial charge on any atom is 0.223 e. The number of amides is 1. The van der Waals surface area contributed by atoms with Crippen LogP contribution in [-0.4, -0.2) is 50.2 Å². The highest BCUT2D eigenvalue weighted by Gasteiger charge is 2.20. The van der Waals surface area contributed by atoms with Crippen LogP contribution in [0.1, 0.15) is 26.2 Å². The second-order valence-electron chi connectivity index (χ2n) is 3.92. The summed E-state index contributed by atoms with van der Waals surface area (Å²) in [5.74, 6) is 0.224. The van der Waals surface area contributed by atoms with E-state index in [-0.39, 0.29) is 12.0 Å². The Balaban J connectivity index is 2.29. The number of likely N-dealkylation sites (N-methyl/N-ethyl adjacent to an activating group) is 1. The monoisotopic (exact) mass is 214 g/mol. The third-order valence-electron chi connectivity index (χ3n) is 2.77. The molecule has 0 bridgehead atoms. The predicted octanol–water partition coefficient (Wildman–Crippen LogP) is 0.623. The molecule has 0 aromatic rings. The average molecular weight is 214 g/mol. The first-order valence-corrected chi connectivity index (χ1v) is 5.82. The van der Waals surface area contributed by atoms with Crippen molar-refractivity contribution in [3.8, 4) is 0 Å². The van der Waals surface area contributed by atoms with E-state index in [0.29, 0.717) is 6.42 Å². The molecule has 88 valence electrons.